The summed E-state index contributed by atoms with van der Waals surface area (Å²) in [4.78, 5) is 23.2. The maximum atomic E-state index is 11.7. The monoisotopic (exact) mass is 378 g/mol. The van der Waals surface area contributed by atoms with Crippen LogP contribution in [0.2, 0.25) is 0 Å². The summed E-state index contributed by atoms with van der Waals surface area (Å²) in [7, 11) is 5.96. The van der Waals surface area contributed by atoms with Gasteiger partial charge in [0.25, 0.3) is 0 Å². The Kier molecular flexibility index (Phi) is 6.98. The number of hydrogen-bond donors (Lipinski definition) is 2. The van der Waals surface area contributed by atoms with Crippen LogP contribution in [0.5, 0.6) is 0 Å². The smallest absolute Gasteiger partial charge is 0.222 e. The predicted octanol–water partition coefficient (Wildman–Crippen LogP) is 0.723. The highest BCUT2D eigenvalue weighted by Gasteiger charge is 2.39. The molecule has 3 saturated heterocycles. The second-order valence-corrected chi connectivity index (χ2v) is 8.66. The lowest BCUT2D eigenvalue weighted by Crippen LogP contribution is -2.62. The minimum atomic E-state index is 0.240. The summed E-state index contributed by atoms with van der Waals surface area (Å²) in [5.74, 6) is 1.12. The molecule has 1 unspecified atom stereocenters. The van der Waals surface area contributed by atoms with Crippen molar-refractivity contribution in [1.29, 1.82) is 0 Å². The molecule has 0 bridgehead atoms. The van der Waals surface area contributed by atoms with Gasteiger partial charge in [0.2, 0.25) is 5.91 Å². The first-order valence-corrected chi connectivity index (χ1v) is 10.7. The van der Waals surface area contributed by atoms with Crippen molar-refractivity contribution in [2.45, 2.75) is 56.5 Å². The molecule has 0 radical (unpaired) electrons. The van der Waals surface area contributed by atoms with E-state index < -0.39 is 0 Å². The number of nitrogens with one attached hydrogen (secondary N) is 2. The van der Waals surface area contributed by atoms with Crippen molar-refractivity contribution in [2.75, 3.05) is 60.4 Å². The minimum absolute atomic E-state index is 0.240. The SMILES string of the molecule is CN=C(NCC1(N2CCCCC2)CCN(C)CC1)NC1CCC(=O)N(C)C1. The van der Waals surface area contributed by atoms with Crippen molar-refractivity contribution >= 4 is 11.9 Å². The molecule has 0 spiro atoms. The lowest BCUT2D eigenvalue weighted by Gasteiger charge is -2.50. The molecule has 0 aliphatic carbocycles. The van der Waals surface area contributed by atoms with E-state index in [4.69, 9.17) is 0 Å². The maximum Gasteiger partial charge on any atom is 0.222 e. The Balaban J connectivity index is 1.59. The van der Waals surface area contributed by atoms with Gasteiger partial charge in [-0.3, -0.25) is 14.7 Å². The van der Waals surface area contributed by atoms with Gasteiger partial charge in [-0.2, -0.15) is 0 Å². The van der Waals surface area contributed by atoms with E-state index in [0.717, 1.165) is 25.5 Å². The maximum absolute atomic E-state index is 11.7. The van der Waals surface area contributed by atoms with Crippen LogP contribution < -0.4 is 10.6 Å². The van der Waals surface area contributed by atoms with Gasteiger partial charge in [0.15, 0.2) is 5.96 Å². The highest BCUT2D eigenvalue weighted by Crippen LogP contribution is 2.30. The molecule has 3 rings (SSSR count). The number of guanidine groups is 1. The summed E-state index contributed by atoms with van der Waals surface area (Å²) in [5.41, 5.74) is 0.240. The molecular formula is C20H38N6O. The largest absolute Gasteiger partial charge is 0.355 e. The molecule has 3 aliphatic heterocycles. The van der Waals surface area contributed by atoms with E-state index in [1.54, 1.807) is 0 Å². The van der Waals surface area contributed by atoms with Gasteiger partial charge in [-0.05, 0) is 65.3 Å². The third kappa shape index (κ3) is 5.13. The molecule has 0 saturated carbocycles. The highest BCUT2D eigenvalue weighted by atomic mass is 16.2. The van der Waals surface area contributed by atoms with Gasteiger partial charge >= 0.3 is 0 Å². The summed E-state index contributed by atoms with van der Waals surface area (Å²) < 4.78 is 0. The van der Waals surface area contributed by atoms with Crippen LogP contribution in [0.1, 0.15) is 44.9 Å². The fourth-order valence-electron chi connectivity index (χ4n) is 4.77. The molecule has 154 valence electrons. The number of hydrogen-bond acceptors (Lipinski definition) is 4. The van der Waals surface area contributed by atoms with Crippen molar-refractivity contribution in [3.05, 3.63) is 0 Å². The second-order valence-electron chi connectivity index (χ2n) is 8.66. The highest BCUT2D eigenvalue weighted by molar-refractivity contribution is 5.81. The summed E-state index contributed by atoms with van der Waals surface area (Å²) in [6.07, 6.45) is 7.96. The van der Waals surface area contributed by atoms with Crippen LogP contribution in [0.15, 0.2) is 4.99 Å². The van der Waals surface area contributed by atoms with Crippen LogP contribution in [0.25, 0.3) is 0 Å². The molecule has 3 aliphatic rings. The molecule has 2 N–H and O–H groups in total. The lowest BCUT2D eigenvalue weighted by atomic mass is 9.84. The van der Waals surface area contributed by atoms with Crippen LogP contribution in [0.3, 0.4) is 0 Å². The fraction of sp³-hybridized carbons (Fsp3) is 0.900. The number of carbonyl (C=O) groups is 1. The van der Waals surface area contributed by atoms with Gasteiger partial charge in [0, 0.05) is 45.2 Å². The Bertz CT molecular complexity index is 523. The van der Waals surface area contributed by atoms with E-state index in [1.165, 1.54) is 58.3 Å². The number of likely N-dealkylation sites (tertiary alicyclic amines) is 3. The average molecular weight is 379 g/mol. The van der Waals surface area contributed by atoms with Crippen LogP contribution >= 0.6 is 0 Å². The average Bonchev–Trinajstić information content (AvgIpc) is 2.70. The number of aliphatic imine (C=N–C) groups is 1. The van der Waals surface area contributed by atoms with Gasteiger partial charge in [-0.15, -0.1) is 0 Å². The Morgan fingerprint density at radius 3 is 2.48 bits per heavy atom. The molecule has 1 amide bonds. The van der Waals surface area contributed by atoms with Crippen molar-refractivity contribution in [3.63, 3.8) is 0 Å². The van der Waals surface area contributed by atoms with Gasteiger partial charge in [-0.1, -0.05) is 6.42 Å². The number of piperidine rings is 3. The van der Waals surface area contributed by atoms with E-state index >= 15 is 0 Å². The molecule has 0 aromatic carbocycles. The molecule has 3 fully saturated rings. The molecule has 3 heterocycles. The Morgan fingerprint density at radius 1 is 1.15 bits per heavy atom. The first kappa shape index (κ1) is 20.4. The molecule has 7 nitrogen and oxygen atoms in total. The topological polar surface area (TPSA) is 63.2 Å². The normalized spacial score (nSPS) is 28.3. The van der Waals surface area contributed by atoms with Gasteiger partial charge in [0.05, 0.1) is 0 Å². The quantitative estimate of drug-likeness (QED) is 0.558. The van der Waals surface area contributed by atoms with Crippen molar-refractivity contribution < 1.29 is 4.79 Å². The zero-order valence-electron chi connectivity index (χ0n) is 17.5. The Labute approximate surface area is 164 Å². The van der Waals surface area contributed by atoms with Crippen LogP contribution in [-0.4, -0.2) is 98.6 Å². The summed E-state index contributed by atoms with van der Waals surface area (Å²) in [6, 6.07) is 0.280. The number of amides is 1. The first-order chi connectivity index (χ1) is 13.0. The van der Waals surface area contributed by atoms with Gasteiger partial charge in [0.1, 0.15) is 0 Å². The molecule has 1 atom stereocenters. The van der Waals surface area contributed by atoms with E-state index in [2.05, 4.69) is 32.5 Å². The van der Waals surface area contributed by atoms with Crippen molar-refractivity contribution in [2.24, 2.45) is 4.99 Å². The predicted molar refractivity (Wildman–Crippen MR) is 110 cm³/mol. The summed E-state index contributed by atoms with van der Waals surface area (Å²) in [5, 5.41) is 7.18. The Hall–Kier alpha value is -1.34. The van der Waals surface area contributed by atoms with E-state index in [9.17, 15) is 4.79 Å². The number of carbonyl (C=O) groups excluding carboxylic acids is 1. The minimum Gasteiger partial charge on any atom is -0.355 e. The third-order valence-electron chi connectivity index (χ3n) is 6.72. The molecule has 0 aromatic rings. The van der Waals surface area contributed by atoms with Crippen molar-refractivity contribution in [3.8, 4) is 0 Å². The second kappa shape index (κ2) is 9.24. The van der Waals surface area contributed by atoms with Gasteiger partial charge in [-0.25, -0.2) is 0 Å². The van der Waals surface area contributed by atoms with Crippen LogP contribution in [0, 0.1) is 0 Å². The molecule has 0 aromatic heterocycles. The number of nitrogens with zero attached hydrogens (tertiary/aromatic N) is 4. The van der Waals surface area contributed by atoms with E-state index in [1.807, 2.05) is 19.0 Å². The van der Waals surface area contributed by atoms with Crippen molar-refractivity contribution in [1.82, 2.24) is 25.3 Å². The summed E-state index contributed by atoms with van der Waals surface area (Å²) in [6.45, 7) is 6.49. The van der Waals surface area contributed by atoms with Crippen LogP contribution in [0.4, 0.5) is 0 Å². The lowest BCUT2D eigenvalue weighted by molar-refractivity contribution is -0.132. The molecular weight excluding hydrogens is 340 g/mol. The fourth-order valence-corrected chi connectivity index (χ4v) is 4.77. The molecule has 27 heavy (non-hydrogen) atoms. The first-order valence-electron chi connectivity index (χ1n) is 10.7. The zero-order chi connectivity index (χ0) is 19.3. The van der Waals surface area contributed by atoms with Gasteiger partial charge < -0.3 is 20.4 Å². The Morgan fingerprint density at radius 2 is 1.85 bits per heavy atom. The molecule has 7 heteroatoms. The van der Waals surface area contributed by atoms with Crippen LogP contribution in [-0.2, 0) is 4.79 Å². The number of rotatable bonds is 4. The van der Waals surface area contributed by atoms with E-state index in [0.29, 0.717) is 6.42 Å². The third-order valence-corrected chi connectivity index (χ3v) is 6.72. The standard InChI is InChI=1S/C20H38N6O/c1-21-19(23-17-7-8-18(27)25(3)15-17)22-16-20(9-13-24(2)14-10-20)26-11-5-4-6-12-26/h17H,4-16H2,1-3H3,(H2,21,22,23). The summed E-state index contributed by atoms with van der Waals surface area (Å²) >= 11 is 0. The van der Waals surface area contributed by atoms with E-state index in [-0.39, 0.29) is 17.5 Å². The number of likely N-dealkylation sites (N-methyl/N-ethyl adjacent to an activating group) is 1. The zero-order valence-corrected chi connectivity index (χ0v) is 17.5.